The summed E-state index contributed by atoms with van der Waals surface area (Å²) in [7, 11) is 1.79. The molecule has 1 aromatic rings. The van der Waals surface area contributed by atoms with Crippen molar-refractivity contribution < 1.29 is 4.74 Å². The number of rotatable bonds is 7. The van der Waals surface area contributed by atoms with Crippen molar-refractivity contribution in [2.24, 2.45) is 0 Å². The first-order valence-electron chi connectivity index (χ1n) is 6.51. The van der Waals surface area contributed by atoms with Crippen LogP contribution in [-0.4, -0.2) is 19.7 Å². The molecular weight excluding hydrogens is 224 g/mol. The summed E-state index contributed by atoms with van der Waals surface area (Å²) in [4.78, 5) is 0. The van der Waals surface area contributed by atoms with E-state index in [0.717, 1.165) is 12.2 Å². The first-order chi connectivity index (χ1) is 8.72. The van der Waals surface area contributed by atoms with Crippen LogP contribution >= 0.6 is 0 Å². The van der Waals surface area contributed by atoms with Crippen LogP contribution in [0.2, 0.25) is 0 Å². The standard InChI is InChI=1S/C15H22N2O/c1-4-12(2)14-7-5-6-8-15(14)18-10-9-13(11-16)17-3/h5-8,12-13,17H,4,9-10H2,1-3H3. The third kappa shape index (κ3) is 4.05. The van der Waals surface area contributed by atoms with E-state index in [9.17, 15) is 0 Å². The van der Waals surface area contributed by atoms with E-state index in [-0.39, 0.29) is 6.04 Å². The van der Waals surface area contributed by atoms with Crippen molar-refractivity contribution in [3.8, 4) is 11.8 Å². The minimum atomic E-state index is -0.138. The summed E-state index contributed by atoms with van der Waals surface area (Å²) in [6.45, 7) is 4.94. The molecule has 0 aromatic heterocycles. The molecule has 0 amide bonds. The van der Waals surface area contributed by atoms with E-state index in [2.05, 4.69) is 31.3 Å². The van der Waals surface area contributed by atoms with Crippen LogP contribution in [0.4, 0.5) is 0 Å². The summed E-state index contributed by atoms with van der Waals surface area (Å²) in [5, 5.41) is 11.8. The van der Waals surface area contributed by atoms with Gasteiger partial charge in [-0.15, -0.1) is 0 Å². The largest absolute Gasteiger partial charge is 0.493 e. The molecule has 0 aliphatic rings. The lowest BCUT2D eigenvalue weighted by Crippen LogP contribution is -2.25. The summed E-state index contributed by atoms with van der Waals surface area (Å²) in [6, 6.07) is 10.2. The molecule has 18 heavy (non-hydrogen) atoms. The van der Waals surface area contributed by atoms with Gasteiger partial charge in [0, 0.05) is 6.42 Å². The zero-order chi connectivity index (χ0) is 13.4. The third-order valence-corrected chi connectivity index (χ3v) is 3.23. The third-order valence-electron chi connectivity index (χ3n) is 3.23. The van der Waals surface area contributed by atoms with Crippen LogP contribution in [0.25, 0.3) is 0 Å². The van der Waals surface area contributed by atoms with E-state index in [1.54, 1.807) is 7.05 Å². The second kappa shape index (κ2) is 7.73. The highest BCUT2D eigenvalue weighted by Crippen LogP contribution is 2.28. The summed E-state index contributed by atoms with van der Waals surface area (Å²) in [5.74, 6) is 1.44. The van der Waals surface area contributed by atoms with Crippen molar-refractivity contribution in [1.82, 2.24) is 5.32 Å². The molecular formula is C15H22N2O. The predicted molar refractivity (Wildman–Crippen MR) is 73.7 cm³/mol. The van der Waals surface area contributed by atoms with Crippen molar-refractivity contribution in [2.75, 3.05) is 13.7 Å². The molecule has 0 aliphatic heterocycles. The molecule has 0 aliphatic carbocycles. The Balaban J connectivity index is 2.59. The number of hydrogen-bond acceptors (Lipinski definition) is 3. The summed E-state index contributed by atoms with van der Waals surface area (Å²) in [6.07, 6.45) is 1.79. The van der Waals surface area contributed by atoms with Gasteiger partial charge in [-0.1, -0.05) is 32.0 Å². The first kappa shape index (κ1) is 14.5. The van der Waals surface area contributed by atoms with Crippen LogP contribution in [-0.2, 0) is 0 Å². The molecule has 1 aromatic carbocycles. The number of ether oxygens (including phenoxy) is 1. The molecule has 0 bridgehead atoms. The van der Waals surface area contributed by atoms with Gasteiger partial charge in [0.25, 0.3) is 0 Å². The molecule has 0 spiro atoms. The van der Waals surface area contributed by atoms with Gasteiger partial charge in [0.1, 0.15) is 5.75 Å². The summed E-state index contributed by atoms with van der Waals surface area (Å²) < 4.78 is 5.80. The fourth-order valence-corrected chi connectivity index (χ4v) is 1.80. The van der Waals surface area contributed by atoms with Crippen molar-refractivity contribution in [3.63, 3.8) is 0 Å². The molecule has 3 nitrogen and oxygen atoms in total. The Hall–Kier alpha value is -1.53. The van der Waals surface area contributed by atoms with Crippen LogP contribution < -0.4 is 10.1 Å². The lowest BCUT2D eigenvalue weighted by atomic mass is 9.98. The highest BCUT2D eigenvalue weighted by molar-refractivity contribution is 5.35. The number of hydrogen-bond donors (Lipinski definition) is 1. The van der Waals surface area contributed by atoms with Crippen LogP contribution in [0.1, 0.15) is 38.2 Å². The highest BCUT2D eigenvalue weighted by Gasteiger charge is 2.10. The Bertz CT molecular complexity index is 398. The van der Waals surface area contributed by atoms with Crippen LogP contribution in [0.5, 0.6) is 5.75 Å². The molecule has 0 saturated carbocycles. The highest BCUT2D eigenvalue weighted by atomic mass is 16.5. The molecule has 0 saturated heterocycles. The smallest absolute Gasteiger partial charge is 0.122 e. The van der Waals surface area contributed by atoms with Gasteiger partial charge in [-0.2, -0.15) is 5.26 Å². The zero-order valence-electron chi connectivity index (χ0n) is 11.4. The van der Waals surface area contributed by atoms with Gasteiger partial charge in [0.15, 0.2) is 0 Å². The number of nitrogens with zero attached hydrogens (tertiary/aromatic N) is 1. The molecule has 2 unspecified atom stereocenters. The molecule has 1 rings (SSSR count). The van der Waals surface area contributed by atoms with Gasteiger partial charge in [0.2, 0.25) is 0 Å². The Kier molecular flexibility index (Phi) is 6.24. The summed E-state index contributed by atoms with van der Waals surface area (Å²) >= 11 is 0. The summed E-state index contributed by atoms with van der Waals surface area (Å²) in [5.41, 5.74) is 1.25. The fourth-order valence-electron chi connectivity index (χ4n) is 1.80. The van der Waals surface area contributed by atoms with Crippen molar-refractivity contribution in [1.29, 1.82) is 5.26 Å². The monoisotopic (exact) mass is 246 g/mol. The van der Waals surface area contributed by atoms with E-state index in [0.29, 0.717) is 18.9 Å². The lowest BCUT2D eigenvalue weighted by Gasteiger charge is -2.16. The molecule has 0 heterocycles. The molecule has 2 atom stereocenters. The Morgan fingerprint density at radius 1 is 1.39 bits per heavy atom. The van der Waals surface area contributed by atoms with Crippen molar-refractivity contribution >= 4 is 0 Å². The van der Waals surface area contributed by atoms with Crippen LogP contribution in [0.3, 0.4) is 0 Å². The van der Waals surface area contributed by atoms with E-state index in [1.165, 1.54) is 5.56 Å². The number of benzene rings is 1. The predicted octanol–water partition coefficient (Wildman–Crippen LogP) is 3.08. The quantitative estimate of drug-likeness (QED) is 0.804. The average molecular weight is 246 g/mol. The maximum absolute atomic E-state index is 8.84. The molecule has 0 radical (unpaired) electrons. The fraction of sp³-hybridized carbons (Fsp3) is 0.533. The molecule has 1 N–H and O–H groups in total. The Morgan fingerprint density at radius 2 is 2.11 bits per heavy atom. The molecule has 0 fully saturated rings. The minimum Gasteiger partial charge on any atom is -0.493 e. The van der Waals surface area contributed by atoms with Gasteiger partial charge in [0.05, 0.1) is 18.7 Å². The maximum Gasteiger partial charge on any atom is 0.122 e. The van der Waals surface area contributed by atoms with Gasteiger partial charge in [-0.3, -0.25) is 0 Å². The topological polar surface area (TPSA) is 45.0 Å². The second-order valence-corrected chi connectivity index (χ2v) is 4.45. The van der Waals surface area contributed by atoms with Crippen LogP contribution in [0, 0.1) is 11.3 Å². The van der Waals surface area contributed by atoms with Crippen molar-refractivity contribution in [2.45, 2.75) is 38.6 Å². The average Bonchev–Trinajstić information content (AvgIpc) is 2.43. The molecule has 3 heteroatoms. The van der Waals surface area contributed by atoms with Crippen LogP contribution in [0.15, 0.2) is 24.3 Å². The van der Waals surface area contributed by atoms with E-state index in [1.807, 2.05) is 18.2 Å². The van der Waals surface area contributed by atoms with Gasteiger partial charge in [-0.05, 0) is 31.0 Å². The zero-order valence-corrected chi connectivity index (χ0v) is 11.4. The van der Waals surface area contributed by atoms with Gasteiger partial charge in [-0.25, -0.2) is 0 Å². The Morgan fingerprint density at radius 3 is 2.72 bits per heavy atom. The number of nitrogens with one attached hydrogen (secondary N) is 1. The van der Waals surface area contributed by atoms with Crippen molar-refractivity contribution in [3.05, 3.63) is 29.8 Å². The lowest BCUT2D eigenvalue weighted by molar-refractivity contribution is 0.296. The van der Waals surface area contributed by atoms with E-state index in [4.69, 9.17) is 10.00 Å². The van der Waals surface area contributed by atoms with Gasteiger partial charge >= 0.3 is 0 Å². The Labute approximate surface area is 110 Å². The SMILES string of the molecule is CCC(C)c1ccccc1OCCC(C#N)NC. The maximum atomic E-state index is 8.84. The normalized spacial score (nSPS) is 13.7. The van der Waals surface area contributed by atoms with Gasteiger partial charge < -0.3 is 10.1 Å². The van der Waals surface area contributed by atoms with E-state index < -0.39 is 0 Å². The number of para-hydroxylation sites is 1. The number of nitriles is 1. The first-order valence-corrected chi connectivity index (χ1v) is 6.51. The van der Waals surface area contributed by atoms with E-state index >= 15 is 0 Å². The second-order valence-electron chi connectivity index (χ2n) is 4.45. The minimum absolute atomic E-state index is 0.138. The molecule has 98 valence electrons.